The molecular weight excluding hydrogens is 463 g/mol. The topological polar surface area (TPSA) is 121 Å². The van der Waals surface area contributed by atoms with Crippen LogP contribution in [-0.4, -0.2) is 53.1 Å². The van der Waals surface area contributed by atoms with E-state index < -0.39 is 15.8 Å². The van der Waals surface area contributed by atoms with Crippen molar-refractivity contribution in [2.24, 2.45) is 0 Å². The van der Waals surface area contributed by atoms with Crippen molar-refractivity contribution in [3.8, 4) is 28.6 Å². The molecule has 0 unspecified atom stereocenters. The second-order valence-electron chi connectivity index (χ2n) is 7.05. The van der Waals surface area contributed by atoms with Gasteiger partial charge in [0.2, 0.25) is 16.0 Å². The van der Waals surface area contributed by atoms with E-state index in [2.05, 4.69) is 24.9 Å². The lowest BCUT2D eigenvalue weighted by atomic mass is 10.2. The summed E-state index contributed by atoms with van der Waals surface area (Å²) in [7, 11) is -0.915. The molecule has 2 heterocycles. The summed E-state index contributed by atoms with van der Waals surface area (Å²) >= 11 is 0. The standard InChI is InChI=1S/C22H21FN6O4S/c1-32-17-9-6-10-18(33-2)20(17)29-21(15-7-4-3-5-8-15)26-27-22(29)28-34(30,31)12-11-19-24-13-16(23)14-25-19/h3-10,13-14H,11-12H2,1-2H3,(H,27,28). The van der Waals surface area contributed by atoms with Crippen molar-refractivity contribution in [1.29, 1.82) is 0 Å². The van der Waals surface area contributed by atoms with Crippen LogP contribution in [-0.2, 0) is 16.4 Å². The number of sulfonamides is 1. The molecule has 0 fully saturated rings. The average Bonchev–Trinajstić information content (AvgIpc) is 3.25. The fraction of sp³-hybridized carbons (Fsp3) is 0.182. The highest BCUT2D eigenvalue weighted by atomic mass is 32.2. The van der Waals surface area contributed by atoms with E-state index >= 15 is 0 Å². The van der Waals surface area contributed by atoms with Crippen LogP contribution in [0.15, 0.2) is 60.9 Å². The summed E-state index contributed by atoms with van der Waals surface area (Å²) in [5.74, 6) is 0.425. The van der Waals surface area contributed by atoms with E-state index in [0.717, 1.165) is 12.4 Å². The number of halogens is 1. The van der Waals surface area contributed by atoms with Gasteiger partial charge in [-0.15, -0.1) is 10.2 Å². The Balaban J connectivity index is 1.75. The normalized spacial score (nSPS) is 11.3. The van der Waals surface area contributed by atoms with E-state index in [4.69, 9.17) is 9.47 Å². The quantitative estimate of drug-likeness (QED) is 0.385. The van der Waals surface area contributed by atoms with E-state index in [9.17, 15) is 12.8 Å². The fourth-order valence-corrected chi connectivity index (χ4v) is 4.24. The predicted octanol–water partition coefficient (Wildman–Crippen LogP) is 2.87. The van der Waals surface area contributed by atoms with E-state index in [0.29, 0.717) is 28.6 Å². The molecule has 0 bridgehead atoms. The van der Waals surface area contributed by atoms with E-state index in [1.54, 1.807) is 18.2 Å². The van der Waals surface area contributed by atoms with Gasteiger partial charge in [-0.3, -0.25) is 9.29 Å². The smallest absolute Gasteiger partial charge is 0.243 e. The van der Waals surface area contributed by atoms with Crippen molar-refractivity contribution >= 4 is 16.0 Å². The maximum absolute atomic E-state index is 13.0. The van der Waals surface area contributed by atoms with Crippen molar-refractivity contribution in [3.63, 3.8) is 0 Å². The molecule has 176 valence electrons. The van der Waals surface area contributed by atoms with E-state index in [1.807, 2.05) is 30.3 Å². The van der Waals surface area contributed by atoms with Crippen molar-refractivity contribution in [3.05, 3.63) is 72.6 Å². The molecule has 4 rings (SSSR count). The molecule has 0 aliphatic rings. The van der Waals surface area contributed by atoms with E-state index in [-0.39, 0.29) is 23.9 Å². The monoisotopic (exact) mass is 484 g/mol. The van der Waals surface area contributed by atoms with Gasteiger partial charge >= 0.3 is 0 Å². The Labute approximate surface area is 195 Å². The number of hydrogen-bond donors (Lipinski definition) is 1. The molecule has 10 nitrogen and oxygen atoms in total. The molecular formula is C22H21FN6O4S. The Bertz CT molecular complexity index is 1360. The number of benzene rings is 2. The van der Waals surface area contributed by atoms with Crippen molar-refractivity contribution in [2.45, 2.75) is 6.42 Å². The lowest BCUT2D eigenvalue weighted by molar-refractivity contribution is 0.391. The zero-order valence-corrected chi connectivity index (χ0v) is 19.2. The van der Waals surface area contributed by atoms with Crippen LogP contribution in [0.3, 0.4) is 0 Å². The molecule has 0 saturated carbocycles. The van der Waals surface area contributed by atoms with Gasteiger partial charge in [-0.1, -0.05) is 36.4 Å². The van der Waals surface area contributed by atoms with Gasteiger partial charge in [0, 0.05) is 12.0 Å². The van der Waals surface area contributed by atoms with Gasteiger partial charge in [-0.25, -0.2) is 22.8 Å². The summed E-state index contributed by atoms with van der Waals surface area (Å²) in [5.41, 5.74) is 1.13. The number of methoxy groups -OCH3 is 2. The summed E-state index contributed by atoms with van der Waals surface area (Å²) in [6.07, 6.45) is 1.95. The zero-order valence-electron chi connectivity index (χ0n) is 18.3. The van der Waals surface area contributed by atoms with Crippen molar-refractivity contribution in [2.75, 3.05) is 24.7 Å². The highest BCUT2D eigenvalue weighted by Crippen LogP contribution is 2.37. The minimum absolute atomic E-state index is 0.0206. The lowest BCUT2D eigenvalue weighted by Crippen LogP contribution is -2.21. The van der Waals surface area contributed by atoms with Gasteiger partial charge in [-0.05, 0) is 12.1 Å². The largest absolute Gasteiger partial charge is 0.494 e. The summed E-state index contributed by atoms with van der Waals surface area (Å²) in [6, 6.07) is 14.4. The Morgan fingerprint density at radius 2 is 1.59 bits per heavy atom. The summed E-state index contributed by atoms with van der Waals surface area (Å²) < 4.78 is 53.9. The predicted molar refractivity (Wildman–Crippen MR) is 123 cm³/mol. The molecule has 0 spiro atoms. The minimum Gasteiger partial charge on any atom is -0.494 e. The minimum atomic E-state index is -3.91. The molecule has 1 N–H and O–H groups in total. The van der Waals surface area contributed by atoms with Crippen LogP contribution in [0.1, 0.15) is 5.82 Å². The first-order chi connectivity index (χ1) is 16.4. The van der Waals surface area contributed by atoms with Gasteiger partial charge in [0.1, 0.15) is 23.0 Å². The molecule has 0 radical (unpaired) electrons. The van der Waals surface area contributed by atoms with Crippen molar-refractivity contribution < 1.29 is 22.3 Å². The number of nitrogens with one attached hydrogen (secondary N) is 1. The van der Waals surface area contributed by atoms with Crippen LogP contribution in [0.5, 0.6) is 11.5 Å². The molecule has 2 aromatic heterocycles. The molecule has 2 aromatic carbocycles. The average molecular weight is 485 g/mol. The first-order valence-electron chi connectivity index (χ1n) is 10.1. The lowest BCUT2D eigenvalue weighted by Gasteiger charge is -2.17. The molecule has 12 heteroatoms. The van der Waals surface area contributed by atoms with Crippen LogP contribution >= 0.6 is 0 Å². The number of hydrogen-bond acceptors (Lipinski definition) is 8. The number of para-hydroxylation sites is 1. The highest BCUT2D eigenvalue weighted by Gasteiger charge is 2.25. The van der Waals surface area contributed by atoms with E-state index in [1.165, 1.54) is 18.8 Å². The third-order valence-electron chi connectivity index (χ3n) is 4.84. The summed E-state index contributed by atoms with van der Waals surface area (Å²) in [5, 5.41) is 8.34. The molecule has 0 saturated heterocycles. The second kappa shape index (κ2) is 9.83. The third kappa shape index (κ3) is 4.96. The number of ether oxygens (including phenoxy) is 2. The highest BCUT2D eigenvalue weighted by molar-refractivity contribution is 7.92. The number of rotatable bonds is 9. The molecule has 34 heavy (non-hydrogen) atoms. The van der Waals surface area contributed by atoms with Crippen LogP contribution in [0.4, 0.5) is 10.3 Å². The molecule has 0 aliphatic heterocycles. The SMILES string of the molecule is COc1cccc(OC)c1-n1c(NS(=O)(=O)CCc2ncc(F)cn2)nnc1-c1ccccc1. The summed E-state index contributed by atoms with van der Waals surface area (Å²) in [4.78, 5) is 7.60. The Morgan fingerprint density at radius 3 is 2.21 bits per heavy atom. The first kappa shape index (κ1) is 23.1. The molecule has 4 aromatic rings. The Kier molecular flexibility index (Phi) is 6.68. The van der Waals surface area contributed by atoms with Gasteiger partial charge < -0.3 is 9.47 Å². The van der Waals surface area contributed by atoms with Gasteiger partial charge in [0.15, 0.2) is 11.6 Å². The number of aromatic nitrogens is 5. The molecule has 0 aliphatic carbocycles. The number of anilines is 1. The van der Waals surface area contributed by atoms with Gasteiger partial charge in [0.05, 0.1) is 32.4 Å². The van der Waals surface area contributed by atoms with Gasteiger partial charge in [-0.2, -0.15) is 0 Å². The molecule has 0 atom stereocenters. The maximum Gasteiger partial charge on any atom is 0.243 e. The van der Waals surface area contributed by atoms with Gasteiger partial charge in [0.25, 0.3) is 0 Å². The molecule has 0 amide bonds. The number of nitrogens with zero attached hydrogens (tertiary/aromatic N) is 5. The maximum atomic E-state index is 13.0. The zero-order chi connectivity index (χ0) is 24.1. The van der Waals surface area contributed by atoms with Crippen LogP contribution in [0, 0.1) is 5.82 Å². The fourth-order valence-electron chi connectivity index (χ4n) is 3.27. The van der Waals surface area contributed by atoms with Crippen molar-refractivity contribution in [1.82, 2.24) is 24.7 Å². The van der Waals surface area contributed by atoms with Crippen LogP contribution < -0.4 is 14.2 Å². The third-order valence-corrected chi connectivity index (χ3v) is 6.07. The van der Waals surface area contributed by atoms with Crippen LogP contribution in [0.2, 0.25) is 0 Å². The first-order valence-corrected chi connectivity index (χ1v) is 11.8. The number of aryl methyl sites for hydroxylation is 1. The second-order valence-corrected chi connectivity index (χ2v) is 8.89. The Hall–Kier alpha value is -4.06. The Morgan fingerprint density at radius 1 is 0.941 bits per heavy atom. The summed E-state index contributed by atoms with van der Waals surface area (Å²) in [6.45, 7) is 0. The van der Waals surface area contributed by atoms with Crippen LogP contribution in [0.25, 0.3) is 17.1 Å².